The fourth-order valence-corrected chi connectivity index (χ4v) is 5.85. The number of hydrogen-bond donors (Lipinski definition) is 2. The van der Waals surface area contributed by atoms with E-state index in [1.54, 1.807) is 0 Å². The first-order valence-electron chi connectivity index (χ1n) is 13.6. The van der Waals surface area contributed by atoms with Crippen LogP contribution in [0.15, 0.2) is 60.7 Å². The normalized spacial score (nSPS) is 18.9. The maximum atomic E-state index is 13.2. The Morgan fingerprint density at radius 1 is 0.824 bits per heavy atom. The van der Waals surface area contributed by atoms with E-state index in [9.17, 15) is 4.79 Å². The monoisotopic (exact) mass is 461 g/mol. The van der Waals surface area contributed by atoms with Crippen molar-refractivity contribution in [2.24, 2.45) is 11.7 Å². The number of nitrogens with two attached hydrogens (primary N) is 1. The van der Waals surface area contributed by atoms with Crippen LogP contribution < -0.4 is 11.1 Å². The van der Waals surface area contributed by atoms with E-state index in [0.717, 1.165) is 43.2 Å². The molecule has 1 aliphatic carbocycles. The van der Waals surface area contributed by atoms with Crippen molar-refractivity contribution in [1.29, 1.82) is 0 Å². The number of rotatable bonds is 15. The van der Waals surface area contributed by atoms with Gasteiger partial charge in [0.15, 0.2) is 0 Å². The highest BCUT2D eigenvalue weighted by Crippen LogP contribution is 2.43. The van der Waals surface area contributed by atoms with Crippen molar-refractivity contribution in [2.75, 3.05) is 26.2 Å². The van der Waals surface area contributed by atoms with Gasteiger partial charge in [-0.15, -0.1) is 0 Å². The van der Waals surface area contributed by atoms with Gasteiger partial charge in [-0.05, 0) is 68.8 Å². The number of benzene rings is 2. The van der Waals surface area contributed by atoms with Crippen molar-refractivity contribution in [2.45, 2.75) is 75.7 Å². The van der Waals surface area contributed by atoms with Gasteiger partial charge in [-0.3, -0.25) is 4.79 Å². The number of carbonyl (C=O) groups excluding carboxylic acids is 1. The Labute approximate surface area is 206 Å². The Hall–Kier alpha value is -2.17. The zero-order valence-corrected chi connectivity index (χ0v) is 20.8. The van der Waals surface area contributed by atoms with Gasteiger partial charge in [0.2, 0.25) is 5.91 Å². The van der Waals surface area contributed by atoms with Crippen LogP contribution in [0.5, 0.6) is 0 Å². The number of nitrogens with zero attached hydrogens (tertiary/aromatic N) is 1. The molecule has 0 radical (unpaired) electrons. The summed E-state index contributed by atoms with van der Waals surface area (Å²) in [6.45, 7) is 4.31. The lowest BCUT2D eigenvalue weighted by atomic mass is 9.64. The Morgan fingerprint density at radius 2 is 1.38 bits per heavy atom. The van der Waals surface area contributed by atoms with Crippen LogP contribution in [0.25, 0.3) is 0 Å². The molecule has 0 bridgehead atoms. The highest BCUT2D eigenvalue weighted by atomic mass is 16.1. The zero-order valence-electron chi connectivity index (χ0n) is 20.8. The third kappa shape index (κ3) is 6.28. The number of unbranched alkanes of at least 4 members (excludes halogenated alkanes) is 6. The second-order valence-corrected chi connectivity index (χ2v) is 10.4. The minimum absolute atomic E-state index is 0.194. The van der Waals surface area contributed by atoms with Gasteiger partial charge in [0.1, 0.15) is 5.41 Å². The van der Waals surface area contributed by atoms with Crippen LogP contribution in [0.2, 0.25) is 0 Å². The van der Waals surface area contributed by atoms with Crippen molar-refractivity contribution in [3.8, 4) is 0 Å². The standard InChI is InChI=1S/C30H43N3O/c31-29(34)30(25-14-8-6-9-15-25,26-16-10-7-11-17-26)27-20-23-33(24-27)22-13-5-3-1-2-4-12-21-32-28-18-19-28/h6-11,14-17,27-28,32H,1-5,12-13,18-24H2,(H2,31,34)/t27-/m0/s1. The number of nitrogens with one attached hydrogen (secondary N) is 1. The SMILES string of the molecule is NC(=O)C(c1ccccc1)(c1ccccc1)[C@H]1CCN(CCCCCCCCCNC2CC2)C1. The summed E-state index contributed by atoms with van der Waals surface area (Å²) in [5.41, 5.74) is 7.49. The van der Waals surface area contributed by atoms with Crippen LogP contribution in [-0.2, 0) is 10.2 Å². The molecule has 2 aromatic rings. The van der Waals surface area contributed by atoms with Crippen molar-refractivity contribution in [3.05, 3.63) is 71.8 Å². The molecular weight excluding hydrogens is 418 g/mol. The Bertz CT molecular complexity index is 826. The van der Waals surface area contributed by atoms with Gasteiger partial charge in [-0.2, -0.15) is 0 Å². The van der Waals surface area contributed by atoms with Crippen LogP contribution in [0.1, 0.15) is 75.3 Å². The van der Waals surface area contributed by atoms with Crippen molar-refractivity contribution in [3.63, 3.8) is 0 Å². The predicted octanol–water partition coefficient (Wildman–Crippen LogP) is 5.26. The molecule has 4 heteroatoms. The van der Waals surface area contributed by atoms with E-state index in [1.165, 1.54) is 64.3 Å². The Morgan fingerprint density at radius 3 is 1.94 bits per heavy atom. The fraction of sp³-hybridized carbons (Fsp3) is 0.567. The quantitative estimate of drug-likeness (QED) is 0.356. The van der Waals surface area contributed by atoms with Crippen LogP contribution in [0.3, 0.4) is 0 Å². The van der Waals surface area contributed by atoms with Crippen molar-refractivity contribution in [1.82, 2.24) is 10.2 Å². The molecule has 1 aliphatic heterocycles. The molecule has 34 heavy (non-hydrogen) atoms. The third-order valence-electron chi connectivity index (χ3n) is 7.89. The molecule has 0 unspecified atom stereocenters. The molecule has 1 saturated carbocycles. The number of hydrogen-bond acceptors (Lipinski definition) is 3. The van der Waals surface area contributed by atoms with Gasteiger partial charge in [-0.1, -0.05) is 92.8 Å². The van der Waals surface area contributed by atoms with Crippen molar-refractivity contribution < 1.29 is 4.79 Å². The van der Waals surface area contributed by atoms with E-state index < -0.39 is 5.41 Å². The highest BCUT2D eigenvalue weighted by molar-refractivity contribution is 5.91. The molecule has 4 nitrogen and oxygen atoms in total. The second-order valence-electron chi connectivity index (χ2n) is 10.4. The van der Waals surface area contributed by atoms with E-state index in [0.29, 0.717) is 0 Å². The predicted molar refractivity (Wildman–Crippen MR) is 141 cm³/mol. The van der Waals surface area contributed by atoms with Crippen LogP contribution >= 0.6 is 0 Å². The summed E-state index contributed by atoms with van der Waals surface area (Å²) < 4.78 is 0. The number of primary amides is 1. The maximum absolute atomic E-state index is 13.2. The largest absolute Gasteiger partial charge is 0.369 e. The lowest BCUT2D eigenvalue weighted by Crippen LogP contribution is -2.49. The van der Waals surface area contributed by atoms with Gasteiger partial charge in [-0.25, -0.2) is 0 Å². The minimum atomic E-state index is -0.772. The first kappa shape index (κ1) is 24.9. The maximum Gasteiger partial charge on any atom is 0.232 e. The molecule has 0 spiro atoms. The molecule has 1 heterocycles. The van der Waals surface area contributed by atoms with Gasteiger partial charge < -0.3 is 16.0 Å². The molecule has 1 atom stereocenters. The van der Waals surface area contributed by atoms with Gasteiger partial charge in [0.05, 0.1) is 0 Å². The smallest absolute Gasteiger partial charge is 0.232 e. The zero-order chi connectivity index (χ0) is 23.6. The number of amides is 1. The van der Waals surface area contributed by atoms with Crippen LogP contribution in [0.4, 0.5) is 0 Å². The number of carbonyl (C=O) groups is 1. The van der Waals surface area contributed by atoms with E-state index in [2.05, 4.69) is 34.5 Å². The molecule has 184 valence electrons. The molecular formula is C30H43N3O. The highest BCUT2D eigenvalue weighted by Gasteiger charge is 2.49. The molecule has 3 N–H and O–H groups in total. The van der Waals surface area contributed by atoms with Crippen LogP contribution in [-0.4, -0.2) is 43.0 Å². The van der Waals surface area contributed by atoms with E-state index in [4.69, 9.17) is 5.73 Å². The average molecular weight is 462 g/mol. The van der Waals surface area contributed by atoms with Gasteiger partial charge >= 0.3 is 0 Å². The lowest BCUT2D eigenvalue weighted by Gasteiger charge is -2.37. The molecule has 2 fully saturated rings. The molecule has 1 saturated heterocycles. The molecule has 1 amide bonds. The summed E-state index contributed by atoms with van der Waals surface area (Å²) in [5, 5.41) is 3.61. The van der Waals surface area contributed by atoms with E-state index in [-0.39, 0.29) is 11.8 Å². The summed E-state index contributed by atoms with van der Waals surface area (Å²) in [6.07, 6.45) is 13.1. The first-order chi connectivity index (χ1) is 16.7. The lowest BCUT2D eigenvalue weighted by molar-refractivity contribution is -0.123. The minimum Gasteiger partial charge on any atom is -0.369 e. The summed E-state index contributed by atoms with van der Waals surface area (Å²) >= 11 is 0. The molecule has 2 aromatic carbocycles. The van der Waals surface area contributed by atoms with Gasteiger partial charge in [0, 0.05) is 12.6 Å². The topological polar surface area (TPSA) is 58.4 Å². The molecule has 2 aliphatic rings. The third-order valence-corrected chi connectivity index (χ3v) is 7.89. The Kier molecular flexibility index (Phi) is 9.18. The van der Waals surface area contributed by atoms with Crippen LogP contribution in [0, 0.1) is 5.92 Å². The van der Waals surface area contributed by atoms with Gasteiger partial charge in [0.25, 0.3) is 0 Å². The van der Waals surface area contributed by atoms with E-state index in [1.807, 2.05) is 36.4 Å². The first-order valence-corrected chi connectivity index (χ1v) is 13.6. The van der Waals surface area contributed by atoms with Crippen molar-refractivity contribution >= 4 is 5.91 Å². The summed E-state index contributed by atoms with van der Waals surface area (Å²) in [6, 6.07) is 21.2. The summed E-state index contributed by atoms with van der Waals surface area (Å²) in [7, 11) is 0. The summed E-state index contributed by atoms with van der Waals surface area (Å²) in [4.78, 5) is 15.7. The fourth-order valence-electron chi connectivity index (χ4n) is 5.85. The molecule has 0 aromatic heterocycles. The van der Waals surface area contributed by atoms with E-state index >= 15 is 0 Å². The summed E-state index contributed by atoms with van der Waals surface area (Å²) in [5.74, 6) is -0.0388. The average Bonchev–Trinajstić information content (AvgIpc) is 3.58. The number of likely N-dealkylation sites (tertiary alicyclic amines) is 1. The Balaban J connectivity index is 1.26. The molecule has 4 rings (SSSR count). The second kappa shape index (κ2) is 12.5.